The fourth-order valence-corrected chi connectivity index (χ4v) is 5.31. The number of urea groups is 1. The Morgan fingerprint density at radius 2 is 1.90 bits per heavy atom. The number of nitrogens with zero attached hydrogens (tertiary/aromatic N) is 2. The SMILES string of the molecule is O=C(CSc1ccc(S(=O)(=O)N2CCOCC2)cn1)NC(=O)NC1CCCCC1. The van der Waals surface area contributed by atoms with E-state index in [1.54, 1.807) is 6.07 Å². The summed E-state index contributed by atoms with van der Waals surface area (Å²) in [5.74, 6) is -0.407. The monoisotopic (exact) mass is 442 g/mol. The van der Waals surface area contributed by atoms with Gasteiger partial charge in [-0.15, -0.1) is 0 Å². The predicted octanol–water partition coefficient (Wildman–Crippen LogP) is 1.35. The molecule has 2 aliphatic rings. The summed E-state index contributed by atoms with van der Waals surface area (Å²) in [6, 6.07) is 2.70. The molecule has 1 saturated heterocycles. The van der Waals surface area contributed by atoms with Crippen molar-refractivity contribution in [3.05, 3.63) is 18.3 Å². The molecule has 29 heavy (non-hydrogen) atoms. The zero-order valence-electron chi connectivity index (χ0n) is 16.1. The molecule has 0 unspecified atom stereocenters. The lowest BCUT2D eigenvalue weighted by molar-refractivity contribution is -0.117. The van der Waals surface area contributed by atoms with E-state index in [1.807, 2.05) is 0 Å². The van der Waals surface area contributed by atoms with Crippen LogP contribution in [0.3, 0.4) is 0 Å². The number of aromatic nitrogens is 1. The molecule has 3 amide bonds. The van der Waals surface area contributed by atoms with Gasteiger partial charge in [-0.05, 0) is 25.0 Å². The van der Waals surface area contributed by atoms with Crippen LogP contribution in [0, 0.1) is 0 Å². The smallest absolute Gasteiger partial charge is 0.321 e. The highest BCUT2D eigenvalue weighted by molar-refractivity contribution is 7.99. The molecule has 1 aromatic rings. The molecule has 2 N–H and O–H groups in total. The number of hydrogen-bond acceptors (Lipinski definition) is 7. The van der Waals surface area contributed by atoms with E-state index in [2.05, 4.69) is 15.6 Å². The average Bonchev–Trinajstić information content (AvgIpc) is 2.74. The Kier molecular flexibility index (Phi) is 7.87. The Bertz CT molecular complexity index is 804. The van der Waals surface area contributed by atoms with E-state index in [9.17, 15) is 18.0 Å². The Hall–Kier alpha value is -1.69. The standard InChI is InChI=1S/C18H26N4O5S2/c23-16(21-18(24)20-14-4-2-1-3-5-14)13-28-17-7-6-15(12-19-17)29(25,26)22-8-10-27-11-9-22/h6-7,12,14H,1-5,8-11,13H2,(H2,20,21,23,24). The summed E-state index contributed by atoms with van der Waals surface area (Å²) in [6.07, 6.45) is 6.56. The minimum atomic E-state index is -3.59. The molecular formula is C18H26N4O5S2. The minimum absolute atomic E-state index is 0.0145. The number of pyridine rings is 1. The number of amides is 3. The number of nitrogens with one attached hydrogen (secondary N) is 2. The van der Waals surface area contributed by atoms with Gasteiger partial charge in [0, 0.05) is 25.3 Å². The number of rotatable bonds is 6. The Balaban J connectivity index is 1.45. The lowest BCUT2D eigenvalue weighted by Gasteiger charge is -2.25. The number of imide groups is 1. The van der Waals surface area contributed by atoms with E-state index in [-0.39, 0.29) is 16.7 Å². The van der Waals surface area contributed by atoms with Crippen molar-refractivity contribution in [1.82, 2.24) is 19.9 Å². The summed E-state index contributed by atoms with van der Waals surface area (Å²) in [5, 5.41) is 5.66. The van der Waals surface area contributed by atoms with Crippen LogP contribution in [0.25, 0.3) is 0 Å². The molecule has 1 aromatic heterocycles. The summed E-state index contributed by atoms with van der Waals surface area (Å²) in [4.78, 5) is 28.1. The number of sulfonamides is 1. The molecule has 1 saturated carbocycles. The summed E-state index contributed by atoms with van der Waals surface area (Å²) >= 11 is 1.14. The van der Waals surface area contributed by atoms with Gasteiger partial charge in [-0.2, -0.15) is 4.31 Å². The third-order valence-electron chi connectivity index (χ3n) is 4.86. The number of morpholine rings is 1. The fourth-order valence-electron chi connectivity index (χ4n) is 3.31. The number of carbonyl (C=O) groups excluding carboxylic acids is 2. The van der Waals surface area contributed by atoms with Gasteiger partial charge in [-0.3, -0.25) is 10.1 Å². The second kappa shape index (κ2) is 10.4. The molecule has 0 atom stereocenters. The number of ether oxygens (including phenoxy) is 1. The maximum Gasteiger partial charge on any atom is 0.321 e. The molecule has 1 aliphatic carbocycles. The van der Waals surface area contributed by atoms with Crippen LogP contribution >= 0.6 is 11.8 Å². The van der Waals surface area contributed by atoms with Gasteiger partial charge >= 0.3 is 6.03 Å². The van der Waals surface area contributed by atoms with Crippen molar-refractivity contribution in [3.63, 3.8) is 0 Å². The zero-order valence-corrected chi connectivity index (χ0v) is 17.8. The maximum absolute atomic E-state index is 12.6. The normalized spacial score (nSPS) is 18.9. The van der Waals surface area contributed by atoms with Crippen LogP contribution < -0.4 is 10.6 Å². The Morgan fingerprint density at radius 3 is 2.55 bits per heavy atom. The first-order valence-electron chi connectivity index (χ1n) is 9.72. The molecule has 2 fully saturated rings. The van der Waals surface area contributed by atoms with Crippen LogP contribution in [0.4, 0.5) is 4.79 Å². The molecule has 1 aliphatic heterocycles. The van der Waals surface area contributed by atoms with E-state index < -0.39 is 22.0 Å². The van der Waals surface area contributed by atoms with Crippen molar-refractivity contribution < 1.29 is 22.7 Å². The van der Waals surface area contributed by atoms with E-state index in [1.165, 1.54) is 23.0 Å². The van der Waals surface area contributed by atoms with Crippen molar-refractivity contribution in [1.29, 1.82) is 0 Å². The molecule has 0 aromatic carbocycles. The highest BCUT2D eigenvalue weighted by atomic mass is 32.2. The van der Waals surface area contributed by atoms with E-state index >= 15 is 0 Å². The van der Waals surface area contributed by atoms with Gasteiger partial charge < -0.3 is 10.1 Å². The van der Waals surface area contributed by atoms with Gasteiger partial charge in [0.2, 0.25) is 15.9 Å². The summed E-state index contributed by atoms with van der Waals surface area (Å²) in [6.45, 7) is 1.40. The molecule has 2 heterocycles. The molecule has 0 radical (unpaired) electrons. The van der Waals surface area contributed by atoms with E-state index in [0.717, 1.165) is 37.4 Å². The first-order chi connectivity index (χ1) is 13.9. The van der Waals surface area contributed by atoms with Gasteiger partial charge in [0.15, 0.2) is 0 Å². The van der Waals surface area contributed by atoms with Crippen molar-refractivity contribution >= 4 is 33.7 Å². The highest BCUT2D eigenvalue weighted by Gasteiger charge is 2.26. The van der Waals surface area contributed by atoms with Crippen molar-refractivity contribution in [3.8, 4) is 0 Å². The lowest BCUT2D eigenvalue weighted by Crippen LogP contribution is -2.45. The largest absolute Gasteiger partial charge is 0.379 e. The summed E-state index contributed by atoms with van der Waals surface area (Å²) < 4.78 is 31.7. The van der Waals surface area contributed by atoms with Gasteiger partial charge in [-0.1, -0.05) is 31.0 Å². The Labute approximate surface area is 175 Å². The van der Waals surface area contributed by atoms with Crippen LogP contribution in [0.15, 0.2) is 28.3 Å². The first-order valence-corrected chi connectivity index (χ1v) is 12.1. The second-order valence-corrected chi connectivity index (χ2v) is 9.93. The fraction of sp³-hybridized carbons (Fsp3) is 0.611. The van der Waals surface area contributed by atoms with Gasteiger partial charge in [-0.25, -0.2) is 18.2 Å². The van der Waals surface area contributed by atoms with Gasteiger partial charge in [0.1, 0.15) is 4.90 Å². The van der Waals surface area contributed by atoms with Gasteiger partial charge in [0.05, 0.1) is 24.0 Å². The summed E-state index contributed by atoms with van der Waals surface area (Å²) in [5.41, 5.74) is 0. The third kappa shape index (κ3) is 6.39. The van der Waals surface area contributed by atoms with Crippen LogP contribution in [-0.2, 0) is 19.6 Å². The Morgan fingerprint density at radius 1 is 1.17 bits per heavy atom. The number of thioether (sulfide) groups is 1. The van der Waals surface area contributed by atoms with Crippen LogP contribution in [-0.4, -0.2) is 67.7 Å². The number of hydrogen-bond donors (Lipinski definition) is 2. The van der Waals surface area contributed by atoms with Crippen molar-refractivity contribution in [2.45, 2.75) is 48.1 Å². The van der Waals surface area contributed by atoms with Crippen molar-refractivity contribution in [2.24, 2.45) is 0 Å². The molecule has 9 nitrogen and oxygen atoms in total. The lowest BCUT2D eigenvalue weighted by atomic mass is 9.96. The van der Waals surface area contributed by atoms with Gasteiger partial charge in [0.25, 0.3) is 0 Å². The zero-order chi connectivity index (χ0) is 20.7. The van der Waals surface area contributed by atoms with Crippen LogP contribution in [0.2, 0.25) is 0 Å². The van der Waals surface area contributed by atoms with Crippen LogP contribution in [0.5, 0.6) is 0 Å². The molecule has 0 bridgehead atoms. The number of carbonyl (C=O) groups is 2. The van der Waals surface area contributed by atoms with E-state index in [4.69, 9.17) is 4.74 Å². The summed E-state index contributed by atoms with van der Waals surface area (Å²) in [7, 11) is -3.59. The molecule has 0 spiro atoms. The molecule has 160 valence electrons. The third-order valence-corrected chi connectivity index (χ3v) is 7.69. The van der Waals surface area contributed by atoms with E-state index in [0.29, 0.717) is 31.3 Å². The predicted molar refractivity (Wildman–Crippen MR) is 108 cm³/mol. The molecular weight excluding hydrogens is 416 g/mol. The van der Waals surface area contributed by atoms with Crippen molar-refractivity contribution in [2.75, 3.05) is 32.1 Å². The highest BCUT2D eigenvalue weighted by Crippen LogP contribution is 2.20. The minimum Gasteiger partial charge on any atom is -0.379 e. The first kappa shape index (κ1) is 22.0. The topological polar surface area (TPSA) is 118 Å². The van der Waals surface area contributed by atoms with Crippen LogP contribution in [0.1, 0.15) is 32.1 Å². The molecule has 11 heteroatoms. The average molecular weight is 443 g/mol. The quantitative estimate of drug-likeness (QED) is 0.639. The maximum atomic E-state index is 12.6. The molecule has 3 rings (SSSR count). The second-order valence-electron chi connectivity index (χ2n) is 6.99.